The van der Waals surface area contributed by atoms with Crippen molar-refractivity contribution >= 4 is 5.91 Å². The Kier molecular flexibility index (Phi) is 8.45. The van der Waals surface area contributed by atoms with E-state index < -0.39 is 12.8 Å². The van der Waals surface area contributed by atoms with Crippen LogP contribution in [0.1, 0.15) is 32.1 Å². The molecule has 0 atom stereocenters. The zero-order valence-corrected chi connectivity index (χ0v) is 14.8. The molecule has 0 aromatic rings. The molecule has 2 aliphatic heterocycles. The summed E-state index contributed by atoms with van der Waals surface area (Å²) in [6.07, 6.45) is 0.280. The number of carbonyl (C=O) groups excluding carboxylic acids is 1. The fourth-order valence-electron chi connectivity index (χ4n) is 3.46. The van der Waals surface area contributed by atoms with Crippen molar-refractivity contribution in [2.24, 2.45) is 5.92 Å². The van der Waals surface area contributed by atoms with Gasteiger partial charge in [-0.2, -0.15) is 13.2 Å². The fraction of sp³-hybridized carbons (Fsp3) is 0.941. The zero-order valence-electron chi connectivity index (χ0n) is 14.8. The van der Waals surface area contributed by atoms with Gasteiger partial charge in [-0.25, -0.2) is 0 Å². The number of halogens is 3. The Morgan fingerprint density at radius 1 is 1.12 bits per heavy atom. The molecule has 0 aromatic carbocycles. The summed E-state index contributed by atoms with van der Waals surface area (Å²) in [5.74, 6) is 0.912. The van der Waals surface area contributed by atoms with Crippen LogP contribution in [0.25, 0.3) is 0 Å². The second kappa shape index (κ2) is 10.3. The summed E-state index contributed by atoms with van der Waals surface area (Å²) in [5, 5.41) is 3.34. The molecule has 8 heteroatoms. The molecule has 0 radical (unpaired) electrons. The monoisotopic (exact) mass is 365 g/mol. The summed E-state index contributed by atoms with van der Waals surface area (Å²) in [6, 6.07) is 0. The first kappa shape index (κ1) is 20.5. The normalized spacial score (nSPS) is 20.8. The molecule has 1 N–H and O–H groups in total. The van der Waals surface area contributed by atoms with Gasteiger partial charge in [0.25, 0.3) is 0 Å². The molecule has 0 saturated carbocycles. The van der Waals surface area contributed by atoms with Gasteiger partial charge in [-0.15, -0.1) is 0 Å². The third kappa shape index (κ3) is 8.37. The van der Waals surface area contributed by atoms with Crippen molar-refractivity contribution in [1.29, 1.82) is 0 Å². The Morgan fingerprint density at radius 3 is 2.44 bits per heavy atom. The Morgan fingerprint density at radius 2 is 1.80 bits per heavy atom. The van der Waals surface area contributed by atoms with E-state index in [0.717, 1.165) is 52.0 Å². The van der Waals surface area contributed by atoms with Crippen molar-refractivity contribution in [3.8, 4) is 0 Å². The average Bonchev–Trinajstić information content (AvgIpc) is 2.60. The van der Waals surface area contributed by atoms with Crippen molar-refractivity contribution in [1.82, 2.24) is 15.1 Å². The Balaban J connectivity index is 1.52. The predicted molar refractivity (Wildman–Crippen MR) is 89.3 cm³/mol. The summed E-state index contributed by atoms with van der Waals surface area (Å²) in [5.41, 5.74) is 0. The molecule has 2 saturated heterocycles. The van der Waals surface area contributed by atoms with Gasteiger partial charge in [-0.1, -0.05) is 0 Å². The second-order valence-corrected chi connectivity index (χ2v) is 6.98. The molecule has 146 valence electrons. The number of nitrogens with zero attached hydrogens (tertiary/aromatic N) is 2. The molecule has 0 aliphatic carbocycles. The number of amides is 1. The number of alkyl halides is 3. The SMILES string of the molecule is O=C(CCC1CCNCC1)N1CCN(CCCOCC(F)(F)F)CC1. The van der Waals surface area contributed by atoms with Crippen LogP contribution < -0.4 is 5.32 Å². The zero-order chi connectivity index (χ0) is 18.1. The van der Waals surface area contributed by atoms with E-state index in [4.69, 9.17) is 0 Å². The van der Waals surface area contributed by atoms with E-state index in [9.17, 15) is 18.0 Å². The maximum Gasteiger partial charge on any atom is 0.411 e. The highest BCUT2D eigenvalue weighted by Crippen LogP contribution is 2.19. The predicted octanol–water partition coefficient (Wildman–Crippen LogP) is 1.88. The van der Waals surface area contributed by atoms with Gasteiger partial charge in [0, 0.05) is 45.8 Å². The topological polar surface area (TPSA) is 44.8 Å². The molecule has 25 heavy (non-hydrogen) atoms. The molecule has 5 nitrogen and oxygen atoms in total. The summed E-state index contributed by atoms with van der Waals surface area (Å²) < 4.78 is 40.5. The quantitative estimate of drug-likeness (QED) is 0.667. The first-order valence-corrected chi connectivity index (χ1v) is 9.29. The van der Waals surface area contributed by atoms with Gasteiger partial charge in [0.15, 0.2) is 0 Å². The van der Waals surface area contributed by atoms with Crippen LogP contribution in [0.5, 0.6) is 0 Å². The smallest absolute Gasteiger partial charge is 0.372 e. The standard InChI is InChI=1S/C17H30F3N3O2/c18-17(19,20)14-25-13-1-8-22-9-11-23(12-10-22)16(24)3-2-15-4-6-21-7-5-15/h15,21H,1-14H2. The summed E-state index contributed by atoms with van der Waals surface area (Å²) in [7, 11) is 0. The lowest BCUT2D eigenvalue weighted by Crippen LogP contribution is -2.49. The highest BCUT2D eigenvalue weighted by molar-refractivity contribution is 5.76. The van der Waals surface area contributed by atoms with Gasteiger partial charge in [-0.3, -0.25) is 9.69 Å². The van der Waals surface area contributed by atoms with Crippen LogP contribution in [-0.4, -0.2) is 80.9 Å². The molecule has 2 heterocycles. The highest BCUT2D eigenvalue weighted by Gasteiger charge is 2.27. The molecular weight excluding hydrogens is 335 g/mol. The van der Waals surface area contributed by atoms with Gasteiger partial charge in [0.1, 0.15) is 6.61 Å². The summed E-state index contributed by atoms with van der Waals surface area (Å²) >= 11 is 0. The third-order valence-corrected chi connectivity index (χ3v) is 4.98. The minimum atomic E-state index is -4.25. The van der Waals surface area contributed by atoms with Crippen LogP contribution in [0.4, 0.5) is 13.2 Å². The lowest BCUT2D eigenvalue weighted by Gasteiger charge is -2.35. The second-order valence-electron chi connectivity index (χ2n) is 6.98. The molecule has 0 aromatic heterocycles. The van der Waals surface area contributed by atoms with Gasteiger partial charge in [-0.05, 0) is 44.7 Å². The fourth-order valence-corrected chi connectivity index (χ4v) is 3.46. The number of hydrogen-bond acceptors (Lipinski definition) is 4. The third-order valence-electron chi connectivity index (χ3n) is 4.98. The van der Waals surface area contributed by atoms with Crippen LogP contribution in [0.15, 0.2) is 0 Å². The van der Waals surface area contributed by atoms with Crippen molar-refractivity contribution in [3.05, 3.63) is 0 Å². The number of ether oxygens (including phenoxy) is 1. The van der Waals surface area contributed by atoms with Gasteiger partial charge >= 0.3 is 6.18 Å². The summed E-state index contributed by atoms with van der Waals surface area (Å²) in [4.78, 5) is 16.4. The molecule has 1 amide bonds. The lowest BCUT2D eigenvalue weighted by atomic mass is 9.93. The Bertz CT molecular complexity index is 393. The van der Waals surface area contributed by atoms with Crippen molar-refractivity contribution in [3.63, 3.8) is 0 Å². The molecule has 0 bridgehead atoms. The molecule has 2 aliphatic rings. The maximum atomic E-state index is 12.3. The maximum absolute atomic E-state index is 12.3. The minimum Gasteiger partial charge on any atom is -0.372 e. The van der Waals surface area contributed by atoms with Gasteiger partial charge < -0.3 is 15.0 Å². The van der Waals surface area contributed by atoms with E-state index in [1.54, 1.807) is 0 Å². The van der Waals surface area contributed by atoms with Gasteiger partial charge in [0.2, 0.25) is 5.91 Å². The van der Waals surface area contributed by atoms with E-state index in [0.29, 0.717) is 31.8 Å². The average molecular weight is 365 g/mol. The number of piperidine rings is 1. The lowest BCUT2D eigenvalue weighted by molar-refractivity contribution is -0.174. The first-order valence-electron chi connectivity index (χ1n) is 9.29. The number of piperazine rings is 1. The van der Waals surface area contributed by atoms with E-state index in [1.165, 1.54) is 0 Å². The van der Waals surface area contributed by atoms with E-state index in [1.807, 2.05) is 4.90 Å². The van der Waals surface area contributed by atoms with E-state index >= 15 is 0 Å². The van der Waals surface area contributed by atoms with Crippen LogP contribution in [-0.2, 0) is 9.53 Å². The molecule has 0 unspecified atom stereocenters. The summed E-state index contributed by atoms with van der Waals surface area (Å²) in [6.45, 7) is 4.80. The van der Waals surface area contributed by atoms with E-state index in [2.05, 4.69) is 15.0 Å². The Hall–Kier alpha value is -0.860. The molecule has 0 spiro atoms. The molecule has 2 fully saturated rings. The van der Waals surface area contributed by atoms with Crippen LogP contribution >= 0.6 is 0 Å². The Labute approximate surface area is 147 Å². The highest BCUT2D eigenvalue weighted by atomic mass is 19.4. The van der Waals surface area contributed by atoms with Crippen molar-refractivity contribution in [2.75, 3.05) is 59.0 Å². The number of nitrogens with one attached hydrogen (secondary N) is 1. The van der Waals surface area contributed by atoms with Crippen molar-refractivity contribution < 1.29 is 22.7 Å². The first-order chi connectivity index (χ1) is 11.9. The van der Waals surface area contributed by atoms with Crippen LogP contribution in [0.3, 0.4) is 0 Å². The minimum absolute atomic E-state index is 0.120. The molecular formula is C17H30F3N3O2. The van der Waals surface area contributed by atoms with Gasteiger partial charge in [0.05, 0.1) is 0 Å². The number of rotatable bonds is 8. The number of hydrogen-bond donors (Lipinski definition) is 1. The van der Waals surface area contributed by atoms with Crippen LogP contribution in [0, 0.1) is 5.92 Å². The molecule has 2 rings (SSSR count). The largest absolute Gasteiger partial charge is 0.411 e. The van der Waals surface area contributed by atoms with Crippen LogP contribution in [0.2, 0.25) is 0 Å². The van der Waals surface area contributed by atoms with E-state index in [-0.39, 0.29) is 12.5 Å². The van der Waals surface area contributed by atoms with Crippen molar-refractivity contribution in [2.45, 2.75) is 38.3 Å². The number of carbonyl (C=O) groups is 1.